The van der Waals surface area contributed by atoms with Crippen LogP contribution in [0.5, 0.6) is 5.75 Å². The van der Waals surface area contributed by atoms with E-state index in [2.05, 4.69) is 0 Å². The van der Waals surface area contributed by atoms with Gasteiger partial charge in [-0.3, -0.25) is 14.9 Å². The van der Waals surface area contributed by atoms with Crippen LogP contribution in [0, 0.1) is 10.1 Å². The van der Waals surface area contributed by atoms with Gasteiger partial charge in [0.05, 0.1) is 17.6 Å². The Balaban J connectivity index is 1.92. The number of nitrogens with zero attached hydrogens (tertiary/aromatic N) is 2. The highest BCUT2D eigenvalue weighted by Crippen LogP contribution is 2.26. The highest BCUT2D eigenvalue weighted by Gasteiger charge is 2.32. The Hall–Kier alpha value is -2.15. The molecule has 0 heterocycles. The van der Waals surface area contributed by atoms with Crippen LogP contribution >= 0.6 is 0 Å². The predicted octanol–water partition coefficient (Wildman–Crippen LogP) is 0.957. The minimum Gasteiger partial charge on any atom is -0.484 e. The van der Waals surface area contributed by atoms with Gasteiger partial charge in [-0.15, -0.1) is 0 Å². The molecular formula is C13H16N2O5. The molecule has 1 aromatic carbocycles. The van der Waals surface area contributed by atoms with Crippen molar-refractivity contribution in [1.82, 2.24) is 4.90 Å². The molecule has 1 saturated carbocycles. The van der Waals surface area contributed by atoms with Crippen molar-refractivity contribution in [3.05, 3.63) is 34.4 Å². The van der Waals surface area contributed by atoms with E-state index in [1.165, 1.54) is 18.2 Å². The molecule has 1 amide bonds. The molecule has 0 spiro atoms. The molecule has 1 aliphatic rings. The zero-order valence-corrected chi connectivity index (χ0v) is 10.9. The predicted molar refractivity (Wildman–Crippen MR) is 70.4 cm³/mol. The molecule has 1 aromatic rings. The van der Waals surface area contributed by atoms with Gasteiger partial charge in [0, 0.05) is 18.7 Å². The van der Waals surface area contributed by atoms with Gasteiger partial charge < -0.3 is 14.7 Å². The van der Waals surface area contributed by atoms with E-state index in [0.717, 1.165) is 12.8 Å². The first-order chi connectivity index (χ1) is 9.61. The molecule has 0 bridgehead atoms. The number of carbonyl (C=O) groups is 1. The Kier molecular flexibility index (Phi) is 4.52. The lowest BCUT2D eigenvalue weighted by Crippen LogP contribution is -2.38. The lowest BCUT2D eigenvalue weighted by atomic mass is 10.3. The van der Waals surface area contributed by atoms with Gasteiger partial charge in [0.25, 0.3) is 11.6 Å². The highest BCUT2D eigenvalue weighted by molar-refractivity contribution is 5.78. The number of ether oxygens (including phenoxy) is 1. The van der Waals surface area contributed by atoms with Gasteiger partial charge in [-0.05, 0) is 18.9 Å². The number of nitro groups is 1. The molecule has 20 heavy (non-hydrogen) atoms. The minimum absolute atomic E-state index is 0.0793. The molecule has 108 valence electrons. The maximum atomic E-state index is 12.0. The lowest BCUT2D eigenvalue weighted by molar-refractivity contribution is -0.384. The third-order valence-electron chi connectivity index (χ3n) is 3.04. The monoisotopic (exact) mass is 280 g/mol. The summed E-state index contributed by atoms with van der Waals surface area (Å²) in [5, 5.41) is 19.6. The largest absolute Gasteiger partial charge is 0.484 e. The molecule has 1 N–H and O–H groups in total. The number of hydrogen-bond donors (Lipinski definition) is 1. The number of nitro benzene ring substituents is 1. The van der Waals surface area contributed by atoms with E-state index < -0.39 is 4.92 Å². The number of hydrogen-bond acceptors (Lipinski definition) is 5. The Bertz CT molecular complexity index is 501. The van der Waals surface area contributed by atoms with Gasteiger partial charge in [0.1, 0.15) is 5.75 Å². The molecule has 0 saturated heterocycles. The summed E-state index contributed by atoms with van der Waals surface area (Å²) >= 11 is 0. The molecule has 0 aliphatic heterocycles. The standard InChI is InChI=1S/C13H16N2O5/c16-7-6-14(10-4-5-10)13(17)9-20-12-3-1-2-11(8-12)15(18)19/h1-3,8,10,16H,4-7,9H2. The van der Waals surface area contributed by atoms with Crippen molar-refractivity contribution >= 4 is 11.6 Å². The number of non-ortho nitro benzene ring substituents is 1. The summed E-state index contributed by atoms with van der Waals surface area (Å²) in [6, 6.07) is 5.90. The number of aliphatic hydroxyl groups is 1. The molecule has 1 fully saturated rings. The third-order valence-corrected chi connectivity index (χ3v) is 3.04. The zero-order chi connectivity index (χ0) is 14.5. The molecule has 7 heteroatoms. The van der Waals surface area contributed by atoms with Crippen molar-refractivity contribution in [3.63, 3.8) is 0 Å². The number of rotatable bonds is 7. The first-order valence-corrected chi connectivity index (χ1v) is 6.39. The van der Waals surface area contributed by atoms with Crippen LogP contribution in [0.25, 0.3) is 0 Å². The van der Waals surface area contributed by atoms with Crippen LogP contribution in [0.2, 0.25) is 0 Å². The normalized spacial score (nSPS) is 13.8. The fourth-order valence-corrected chi connectivity index (χ4v) is 1.92. The smallest absolute Gasteiger partial charge is 0.273 e. The van der Waals surface area contributed by atoms with E-state index in [1.807, 2.05) is 0 Å². The SMILES string of the molecule is O=C(COc1cccc([N+](=O)[O-])c1)N(CCO)C1CC1. The van der Waals surface area contributed by atoms with Crippen LogP contribution in [0.15, 0.2) is 24.3 Å². The van der Waals surface area contributed by atoms with E-state index in [4.69, 9.17) is 9.84 Å². The van der Waals surface area contributed by atoms with E-state index in [0.29, 0.717) is 6.54 Å². The van der Waals surface area contributed by atoms with Gasteiger partial charge >= 0.3 is 0 Å². The van der Waals surface area contributed by atoms with E-state index in [9.17, 15) is 14.9 Å². The van der Waals surface area contributed by atoms with Crippen molar-refractivity contribution in [2.75, 3.05) is 19.8 Å². The Labute approximate surface area is 115 Å². The Morgan fingerprint density at radius 1 is 1.50 bits per heavy atom. The van der Waals surface area contributed by atoms with Crippen LogP contribution in [0.1, 0.15) is 12.8 Å². The van der Waals surface area contributed by atoms with Crippen molar-refractivity contribution in [2.45, 2.75) is 18.9 Å². The van der Waals surface area contributed by atoms with E-state index in [1.54, 1.807) is 11.0 Å². The molecule has 7 nitrogen and oxygen atoms in total. The number of aliphatic hydroxyl groups excluding tert-OH is 1. The van der Waals surface area contributed by atoms with Gasteiger partial charge in [-0.2, -0.15) is 0 Å². The maximum Gasteiger partial charge on any atom is 0.273 e. The van der Waals surface area contributed by atoms with Crippen LogP contribution in [0.4, 0.5) is 5.69 Å². The van der Waals surface area contributed by atoms with Crippen molar-refractivity contribution in [1.29, 1.82) is 0 Å². The van der Waals surface area contributed by atoms with Crippen molar-refractivity contribution in [2.24, 2.45) is 0 Å². The second kappa shape index (κ2) is 6.33. The Morgan fingerprint density at radius 3 is 2.85 bits per heavy atom. The number of carbonyl (C=O) groups excluding carboxylic acids is 1. The minimum atomic E-state index is -0.517. The summed E-state index contributed by atoms with van der Waals surface area (Å²) in [5.41, 5.74) is -0.0793. The van der Waals surface area contributed by atoms with E-state index >= 15 is 0 Å². The number of benzene rings is 1. The van der Waals surface area contributed by atoms with Crippen LogP contribution in [-0.2, 0) is 4.79 Å². The average Bonchev–Trinajstić information content (AvgIpc) is 3.27. The fourth-order valence-electron chi connectivity index (χ4n) is 1.92. The topological polar surface area (TPSA) is 92.9 Å². The van der Waals surface area contributed by atoms with Crippen LogP contribution in [0.3, 0.4) is 0 Å². The molecule has 0 atom stereocenters. The second-order valence-corrected chi connectivity index (χ2v) is 4.59. The summed E-state index contributed by atoms with van der Waals surface area (Å²) < 4.78 is 5.29. The molecule has 0 radical (unpaired) electrons. The van der Waals surface area contributed by atoms with Crippen molar-refractivity contribution < 1.29 is 19.6 Å². The first kappa shape index (κ1) is 14.3. The van der Waals surface area contributed by atoms with Crippen LogP contribution in [-0.4, -0.2) is 46.6 Å². The summed E-state index contributed by atoms with van der Waals surface area (Å²) in [4.78, 5) is 23.7. The quantitative estimate of drug-likeness (QED) is 0.593. The lowest BCUT2D eigenvalue weighted by Gasteiger charge is -2.21. The molecule has 0 aromatic heterocycles. The molecule has 2 rings (SSSR count). The zero-order valence-electron chi connectivity index (χ0n) is 10.9. The van der Waals surface area contributed by atoms with Gasteiger partial charge in [0.15, 0.2) is 6.61 Å². The average molecular weight is 280 g/mol. The summed E-state index contributed by atoms with van der Waals surface area (Å²) in [6.07, 6.45) is 1.89. The maximum absolute atomic E-state index is 12.0. The van der Waals surface area contributed by atoms with E-state index in [-0.39, 0.29) is 36.6 Å². The molecule has 1 aliphatic carbocycles. The summed E-state index contributed by atoms with van der Waals surface area (Å²) in [7, 11) is 0. The Morgan fingerprint density at radius 2 is 2.25 bits per heavy atom. The second-order valence-electron chi connectivity index (χ2n) is 4.59. The van der Waals surface area contributed by atoms with Gasteiger partial charge in [-0.25, -0.2) is 0 Å². The fraction of sp³-hybridized carbons (Fsp3) is 0.462. The first-order valence-electron chi connectivity index (χ1n) is 6.39. The number of amides is 1. The van der Waals surface area contributed by atoms with Crippen molar-refractivity contribution in [3.8, 4) is 5.75 Å². The summed E-state index contributed by atoms with van der Waals surface area (Å²) in [5.74, 6) is 0.0698. The van der Waals surface area contributed by atoms with Gasteiger partial charge in [0.2, 0.25) is 0 Å². The van der Waals surface area contributed by atoms with Crippen LogP contribution < -0.4 is 4.74 Å². The third kappa shape index (κ3) is 3.67. The van der Waals surface area contributed by atoms with Gasteiger partial charge in [-0.1, -0.05) is 6.07 Å². The molecular weight excluding hydrogens is 264 g/mol. The highest BCUT2D eigenvalue weighted by atomic mass is 16.6. The molecule has 0 unspecified atom stereocenters. The summed E-state index contributed by atoms with van der Waals surface area (Å²) in [6.45, 7) is 0.0263.